The summed E-state index contributed by atoms with van der Waals surface area (Å²) in [5.41, 5.74) is 2.47. The van der Waals surface area contributed by atoms with E-state index in [-0.39, 0.29) is 12.1 Å². The maximum absolute atomic E-state index is 5.54. The van der Waals surface area contributed by atoms with Gasteiger partial charge >= 0.3 is 0 Å². The Morgan fingerprint density at radius 1 is 1.23 bits per heavy atom. The number of likely N-dealkylation sites (tertiary alicyclic amines) is 1. The molecule has 2 heterocycles. The molecule has 118 valence electrons. The fourth-order valence-corrected chi connectivity index (χ4v) is 3.01. The Balaban J connectivity index is 1.71. The zero-order valence-corrected chi connectivity index (χ0v) is 13.0. The van der Waals surface area contributed by atoms with E-state index in [0.717, 1.165) is 25.3 Å². The minimum atomic E-state index is 0.228. The average Bonchev–Trinajstić information content (AvgIpc) is 3.18. The quantitative estimate of drug-likeness (QED) is 0.883. The number of H-pyrrole nitrogens is 1. The number of aromatic amines is 1. The largest absolute Gasteiger partial charge is 0.380 e. The molecule has 0 aliphatic carbocycles. The first-order valence-electron chi connectivity index (χ1n) is 7.49. The first kappa shape index (κ1) is 15.1. The van der Waals surface area contributed by atoms with Crippen LogP contribution in [0.1, 0.15) is 29.4 Å². The van der Waals surface area contributed by atoms with E-state index in [1.165, 1.54) is 11.1 Å². The van der Waals surface area contributed by atoms with Crippen molar-refractivity contribution in [1.29, 1.82) is 0 Å². The molecule has 1 aromatic carbocycles. The molecule has 1 aromatic heterocycles. The van der Waals surface area contributed by atoms with Crippen LogP contribution in [-0.2, 0) is 22.6 Å². The molecule has 1 aliphatic rings. The van der Waals surface area contributed by atoms with Gasteiger partial charge in [0, 0.05) is 27.3 Å². The van der Waals surface area contributed by atoms with E-state index in [1.54, 1.807) is 20.5 Å². The van der Waals surface area contributed by atoms with Gasteiger partial charge in [-0.2, -0.15) is 5.10 Å². The number of nitrogens with one attached hydrogen (secondary N) is 1. The molecular weight excluding hydrogens is 280 g/mol. The second kappa shape index (κ2) is 7.00. The van der Waals surface area contributed by atoms with Crippen LogP contribution >= 0.6 is 0 Å². The van der Waals surface area contributed by atoms with Crippen molar-refractivity contribution in [2.24, 2.45) is 0 Å². The van der Waals surface area contributed by atoms with Crippen molar-refractivity contribution < 1.29 is 9.47 Å². The zero-order valence-electron chi connectivity index (χ0n) is 13.0. The molecule has 1 saturated heterocycles. The number of ether oxygens (including phenoxy) is 2. The number of rotatable bonds is 6. The standard InChI is InChI=1S/C16H22N4O2/c1-21-10-13-5-3-12(4-6-13)8-20-9-14(22-2)7-15(20)16-17-11-18-19-16/h3-6,11,14-15H,7-10H2,1-2H3,(H,17,18,19)/t14-,15+/m1/s1. The summed E-state index contributed by atoms with van der Waals surface area (Å²) in [6.07, 6.45) is 2.74. The predicted octanol–water partition coefficient (Wildman–Crippen LogP) is 1.91. The lowest BCUT2D eigenvalue weighted by molar-refractivity contribution is 0.107. The van der Waals surface area contributed by atoms with Crippen LogP contribution in [0.2, 0.25) is 0 Å². The fourth-order valence-electron chi connectivity index (χ4n) is 3.01. The van der Waals surface area contributed by atoms with Crippen molar-refractivity contribution in [3.8, 4) is 0 Å². The normalized spacial score (nSPS) is 22.3. The van der Waals surface area contributed by atoms with Gasteiger partial charge in [0.2, 0.25) is 0 Å². The number of hydrogen-bond donors (Lipinski definition) is 1. The van der Waals surface area contributed by atoms with E-state index in [9.17, 15) is 0 Å². The van der Waals surface area contributed by atoms with E-state index in [0.29, 0.717) is 6.61 Å². The Morgan fingerprint density at radius 3 is 2.64 bits per heavy atom. The number of aromatic nitrogens is 3. The van der Waals surface area contributed by atoms with Gasteiger partial charge in [-0.1, -0.05) is 24.3 Å². The SMILES string of the molecule is COCc1ccc(CN2C[C@H](OC)C[C@H]2c2ncn[nH]2)cc1. The molecule has 3 rings (SSSR count). The van der Waals surface area contributed by atoms with E-state index >= 15 is 0 Å². The van der Waals surface area contributed by atoms with Gasteiger partial charge in [-0.05, 0) is 17.5 Å². The van der Waals surface area contributed by atoms with Crippen LogP contribution in [0.5, 0.6) is 0 Å². The van der Waals surface area contributed by atoms with Crippen molar-refractivity contribution >= 4 is 0 Å². The van der Waals surface area contributed by atoms with Gasteiger partial charge in [-0.3, -0.25) is 10.00 Å². The van der Waals surface area contributed by atoms with Crippen LogP contribution in [0.3, 0.4) is 0 Å². The van der Waals surface area contributed by atoms with Gasteiger partial charge in [-0.25, -0.2) is 4.98 Å². The Morgan fingerprint density at radius 2 is 2.00 bits per heavy atom. The first-order chi connectivity index (χ1) is 10.8. The number of benzene rings is 1. The van der Waals surface area contributed by atoms with Gasteiger partial charge in [0.05, 0.1) is 18.8 Å². The highest BCUT2D eigenvalue weighted by Gasteiger charge is 2.34. The molecule has 0 spiro atoms. The van der Waals surface area contributed by atoms with Gasteiger partial charge in [0.25, 0.3) is 0 Å². The summed E-state index contributed by atoms with van der Waals surface area (Å²) in [7, 11) is 3.48. The van der Waals surface area contributed by atoms with Crippen molar-refractivity contribution in [3.05, 3.63) is 47.5 Å². The lowest BCUT2D eigenvalue weighted by atomic mass is 10.1. The van der Waals surface area contributed by atoms with Crippen molar-refractivity contribution in [2.75, 3.05) is 20.8 Å². The summed E-state index contributed by atoms with van der Waals surface area (Å²) < 4.78 is 10.7. The molecule has 1 aliphatic heterocycles. The third-order valence-electron chi connectivity index (χ3n) is 4.17. The summed E-state index contributed by atoms with van der Waals surface area (Å²) in [5, 5.41) is 6.96. The van der Waals surface area contributed by atoms with Crippen LogP contribution in [0.25, 0.3) is 0 Å². The molecule has 6 nitrogen and oxygen atoms in total. The Labute approximate surface area is 130 Å². The highest BCUT2D eigenvalue weighted by atomic mass is 16.5. The lowest BCUT2D eigenvalue weighted by Crippen LogP contribution is -2.25. The smallest absolute Gasteiger partial charge is 0.141 e. The van der Waals surface area contributed by atoms with Gasteiger partial charge in [0.15, 0.2) is 0 Å². The predicted molar refractivity (Wildman–Crippen MR) is 82.1 cm³/mol. The van der Waals surface area contributed by atoms with Crippen molar-refractivity contribution in [1.82, 2.24) is 20.1 Å². The summed E-state index contributed by atoms with van der Waals surface area (Å²) in [6, 6.07) is 8.78. The number of methoxy groups -OCH3 is 2. The highest BCUT2D eigenvalue weighted by Crippen LogP contribution is 2.32. The van der Waals surface area contributed by atoms with Crippen molar-refractivity contribution in [3.63, 3.8) is 0 Å². The molecule has 0 radical (unpaired) electrons. The summed E-state index contributed by atoms with van der Waals surface area (Å²) >= 11 is 0. The maximum atomic E-state index is 5.54. The first-order valence-corrected chi connectivity index (χ1v) is 7.49. The molecule has 2 atom stereocenters. The third-order valence-corrected chi connectivity index (χ3v) is 4.17. The van der Waals surface area contributed by atoms with E-state index in [2.05, 4.69) is 44.3 Å². The molecule has 22 heavy (non-hydrogen) atoms. The highest BCUT2D eigenvalue weighted by molar-refractivity contribution is 5.22. The van der Waals surface area contributed by atoms with E-state index in [4.69, 9.17) is 9.47 Å². The number of nitrogens with zero attached hydrogens (tertiary/aromatic N) is 3. The maximum Gasteiger partial charge on any atom is 0.141 e. The Hall–Kier alpha value is -1.76. The molecule has 0 unspecified atom stereocenters. The van der Waals surface area contributed by atoms with Crippen LogP contribution < -0.4 is 0 Å². The zero-order chi connectivity index (χ0) is 15.4. The Bertz CT molecular complexity index is 570. The summed E-state index contributed by atoms with van der Waals surface area (Å²) in [6.45, 7) is 2.43. The molecule has 2 aromatic rings. The average molecular weight is 302 g/mol. The second-order valence-corrected chi connectivity index (χ2v) is 5.66. The lowest BCUT2D eigenvalue weighted by Gasteiger charge is -2.22. The molecule has 0 bridgehead atoms. The van der Waals surface area contributed by atoms with E-state index < -0.39 is 0 Å². The molecule has 1 N–H and O–H groups in total. The van der Waals surface area contributed by atoms with Gasteiger partial charge in [-0.15, -0.1) is 0 Å². The fraction of sp³-hybridized carbons (Fsp3) is 0.500. The molecule has 0 saturated carbocycles. The molecule has 6 heteroatoms. The molecular formula is C16H22N4O2. The monoisotopic (exact) mass is 302 g/mol. The third kappa shape index (κ3) is 3.35. The number of hydrogen-bond acceptors (Lipinski definition) is 5. The van der Waals surface area contributed by atoms with Crippen LogP contribution in [0.4, 0.5) is 0 Å². The molecule has 1 fully saturated rings. The Kier molecular flexibility index (Phi) is 4.82. The van der Waals surface area contributed by atoms with Crippen LogP contribution in [0, 0.1) is 0 Å². The van der Waals surface area contributed by atoms with Gasteiger partial charge in [0.1, 0.15) is 12.2 Å². The minimum absolute atomic E-state index is 0.228. The summed E-state index contributed by atoms with van der Waals surface area (Å²) in [4.78, 5) is 6.71. The van der Waals surface area contributed by atoms with E-state index in [1.807, 2.05) is 0 Å². The second-order valence-electron chi connectivity index (χ2n) is 5.66. The topological polar surface area (TPSA) is 63.3 Å². The minimum Gasteiger partial charge on any atom is -0.380 e. The van der Waals surface area contributed by atoms with Crippen LogP contribution in [0.15, 0.2) is 30.6 Å². The molecule has 0 amide bonds. The van der Waals surface area contributed by atoms with Crippen LogP contribution in [-0.4, -0.2) is 46.9 Å². The van der Waals surface area contributed by atoms with Gasteiger partial charge < -0.3 is 9.47 Å². The van der Waals surface area contributed by atoms with Crippen molar-refractivity contribution in [2.45, 2.75) is 31.7 Å². The summed E-state index contributed by atoms with van der Waals surface area (Å²) in [5.74, 6) is 0.913.